The standard InChI is InChI=1S/C13H27N5/c1-17-7-3-9-18(11-10-17)8-2-6-15-13(14)16-12-4-5-12/h12H,2-11H2,1H3,(H3,14,15,16). The Morgan fingerprint density at radius 3 is 2.89 bits per heavy atom. The minimum Gasteiger partial charge on any atom is -0.370 e. The Hall–Kier alpha value is -0.810. The van der Waals surface area contributed by atoms with E-state index < -0.39 is 0 Å². The van der Waals surface area contributed by atoms with Crippen LogP contribution in [0.3, 0.4) is 0 Å². The number of nitrogens with one attached hydrogen (secondary N) is 1. The fraction of sp³-hybridized carbons (Fsp3) is 0.923. The van der Waals surface area contributed by atoms with Crippen LogP contribution in [0.4, 0.5) is 0 Å². The van der Waals surface area contributed by atoms with Gasteiger partial charge in [0.25, 0.3) is 0 Å². The molecule has 3 N–H and O–H groups in total. The number of guanidine groups is 1. The molecule has 0 spiro atoms. The summed E-state index contributed by atoms with van der Waals surface area (Å²) in [5, 5.41) is 3.22. The fourth-order valence-electron chi connectivity index (χ4n) is 2.30. The van der Waals surface area contributed by atoms with Crippen molar-refractivity contribution in [2.45, 2.75) is 31.7 Å². The van der Waals surface area contributed by atoms with Crippen molar-refractivity contribution >= 4 is 5.96 Å². The monoisotopic (exact) mass is 253 g/mol. The maximum atomic E-state index is 5.80. The molecule has 5 heteroatoms. The van der Waals surface area contributed by atoms with Crippen molar-refractivity contribution in [1.29, 1.82) is 0 Å². The van der Waals surface area contributed by atoms with Gasteiger partial charge in [-0.25, -0.2) is 0 Å². The highest BCUT2D eigenvalue weighted by molar-refractivity contribution is 5.78. The summed E-state index contributed by atoms with van der Waals surface area (Å²) in [4.78, 5) is 9.33. The van der Waals surface area contributed by atoms with Crippen molar-refractivity contribution in [3.05, 3.63) is 0 Å². The van der Waals surface area contributed by atoms with Crippen LogP contribution in [0.2, 0.25) is 0 Å². The van der Waals surface area contributed by atoms with Gasteiger partial charge in [0.15, 0.2) is 5.96 Å². The lowest BCUT2D eigenvalue weighted by atomic mass is 10.3. The van der Waals surface area contributed by atoms with Gasteiger partial charge in [-0.05, 0) is 52.4 Å². The molecule has 2 rings (SSSR count). The molecule has 0 bridgehead atoms. The highest BCUT2D eigenvalue weighted by Crippen LogP contribution is 2.17. The van der Waals surface area contributed by atoms with Gasteiger partial charge < -0.3 is 20.9 Å². The zero-order valence-corrected chi connectivity index (χ0v) is 11.6. The molecule has 0 amide bonds. The van der Waals surface area contributed by atoms with Crippen LogP contribution in [0.1, 0.15) is 25.7 Å². The zero-order valence-electron chi connectivity index (χ0n) is 11.6. The van der Waals surface area contributed by atoms with Crippen LogP contribution in [0, 0.1) is 0 Å². The molecule has 18 heavy (non-hydrogen) atoms. The average Bonchev–Trinajstić information content (AvgIpc) is 3.14. The molecule has 2 aliphatic rings. The molecule has 1 saturated heterocycles. The first-order valence-electron chi connectivity index (χ1n) is 7.21. The molecule has 1 saturated carbocycles. The van der Waals surface area contributed by atoms with E-state index in [9.17, 15) is 0 Å². The van der Waals surface area contributed by atoms with Gasteiger partial charge >= 0.3 is 0 Å². The molecule has 0 aromatic heterocycles. The Labute approximate surface area is 110 Å². The van der Waals surface area contributed by atoms with Crippen molar-refractivity contribution in [1.82, 2.24) is 15.1 Å². The van der Waals surface area contributed by atoms with Gasteiger partial charge in [0.2, 0.25) is 0 Å². The van der Waals surface area contributed by atoms with Crippen LogP contribution in [-0.2, 0) is 0 Å². The zero-order chi connectivity index (χ0) is 12.8. The molecule has 1 aliphatic carbocycles. The number of hydrogen-bond acceptors (Lipinski definition) is 3. The Morgan fingerprint density at radius 2 is 2.11 bits per heavy atom. The van der Waals surface area contributed by atoms with Crippen LogP contribution >= 0.6 is 0 Å². The molecule has 0 unspecified atom stereocenters. The molecule has 0 radical (unpaired) electrons. The Kier molecular flexibility index (Phi) is 5.26. The summed E-state index contributed by atoms with van der Waals surface area (Å²) in [6, 6.07) is 0.606. The molecule has 104 valence electrons. The number of nitrogens with two attached hydrogens (primary N) is 1. The SMILES string of the molecule is CN1CCCN(CCCN=C(N)NC2CC2)CC1. The van der Waals surface area contributed by atoms with Crippen LogP contribution in [0.15, 0.2) is 4.99 Å². The van der Waals surface area contributed by atoms with E-state index >= 15 is 0 Å². The van der Waals surface area contributed by atoms with E-state index in [0.29, 0.717) is 12.0 Å². The summed E-state index contributed by atoms with van der Waals surface area (Å²) in [7, 11) is 2.21. The predicted molar refractivity (Wildman–Crippen MR) is 75.8 cm³/mol. The molecule has 0 aromatic rings. The van der Waals surface area contributed by atoms with E-state index in [1.807, 2.05) is 0 Å². The van der Waals surface area contributed by atoms with E-state index in [1.165, 1.54) is 45.4 Å². The van der Waals surface area contributed by atoms with Crippen LogP contribution in [0.5, 0.6) is 0 Å². The van der Waals surface area contributed by atoms with Crippen LogP contribution in [0.25, 0.3) is 0 Å². The van der Waals surface area contributed by atoms with E-state index in [0.717, 1.165) is 19.5 Å². The van der Waals surface area contributed by atoms with Gasteiger partial charge in [-0.2, -0.15) is 0 Å². The smallest absolute Gasteiger partial charge is 0.188 e. The third-order valence-corrected chi connectivity index (χ3v) is 3.66. The van der Waals surface area contributed by atoms with Gasteiger partial charge in [0, 0.05) is 25.7 Å². The third kappa shape index (κ3) is 5.23. The number of rotatable bonds is 5. The Bertz CT molecular complexity index is 275. The molecular weight excluding hydrogens is 226 g/mol. The van der Waals surface area contributed by atoms with Crippen molar-refractivity contribution in [3.8, 4) is 0 Å². The van der Waals surface area contributed by atoms with Crippen molar-refractivity contribution in [2.75, 3.05) is 46.3 Å². The average molecular weight is 253 g/mol. The summed E-state index contributed by atoms with van der Waals surface area (Å²) in [6.45, 7) is 6.83. The minimum atomic E-state index is 0.606. The highest BCUT2D eigenvalue weighted by atomic mass is 15.2. The minimum absolute atomic E-state index is 0.606. The summed E-state index contributed by atoms with van der Waals surface area (Å²) in [5.74, 6) is 0.632. The molecule has 0 aromatic carbocycles. The van der Waals surface area contributed by atoms with Crippen molar-refractivity contribution < 1.29 is 0 Å². The maximum absolute atomic E-state index is 5.80. The van der Waals surface area contributed by atoms with Crippen molar-refractivity contribution in [2.24, 2.45) is 10.7 Å². The van der Waals surface area contributed by atoms with Gasteiger partial charge in [0.05, 0.1) is 0 Å². The highest BCUT2D eigenvalue weighted by Gasteiger charge is 2.21. The number of aliphatic imine (C=N–C) groups is 1. The number of likely N-dealkylation sites (N-methyl/N-ethyl adjacent to an activating group) is 1. The predicted octanol–water partition coefficient (Wildman–Crippen LogP) is 0.0807. The first-order chi connectivity index (χ1) is 8.74. The largest absolute Gasteiger partial charge is 0.370 e. The van der Waals surface area contributed by atoms with Crippen LogP contribution in [-0.4, -0.2) is 68.1 Å². The summed E-state index contributed by atoms with van der Waals surface area (Å²) >= 11 is 0. The molecule has 2 fully saturated rings. The van der Waals surface area contributed by atoms with E-state index in [1.54, 1.807) is 0 Å². The lowest BCUT2D eigenvalue weighted by Gasteiger charge is -2.19. The van der Waals surface area contributed by atoms with Crippen LogP contribution < -0.4 is 11.1 Å². The fourth-order valence-corrected chi connectivity index (χ4v) is 2.30. The quantitative estimate of drug-likeness (QED) is 0.414. The topological polar surface area (TPSA) is 56.9 Å². The normalized spacial score (nSPS) is 23.9. The summed E-state index contributed by atoms with van der Waals surface area (Å²) < 4.78 is 0. The third-order valence-electron chi connectivity index (χ3n) is 3.66. The maximum Gasteiger partial charge on any atom is 0.188 e. The number of nitrogens with zero attached hydrogens (tertiary/aromatic N) is 3. The molecular formula is C13H27N5. The number of hydrogen-bond donors (Lipinski definition) is 2. The molecule has 1 aliphatic heterocycles. The van der Waals surface area contributed by atoms with Gasteiger partial charge in [-0.15, -0.1) is 0 Å². The summed E-state index contributed by atoms with van der Waals surface area (Å²) in [5.41, 5.74) is 5.80. The van der Waals surface area contributed by atoms with E-state index in [2.05, 4.69) is 27.2 Å². The Morgan fingerprint density at radius 1 is 1.28 bits per heavy atom. The lowest BCUT2D eigenvalue weighted by Crippen LogP contribution is -2.34. The second-order valence-corrected chi connectivity index (χ2v) is 5.54. The second kappa shape index (κ2) is 6.95. The second-order valence-electron chi connectivity index (χ2n) is 5.54. The first kappa shape index (κ1) is 13.6. The van der Waals surface area contributed by atoms with Gasteiger partial charge in [0.1, 0.15) is 0 Å². The van der Waals surface area contributed by atoms with Gasteiger partial charge in [-0.3, -0.25) is 4.99 Å². The lowest BCUT2D eigenvalue weighted by molar-refractivity contribution is 0.275. The molecule has 1 heterocycles. The van der Waals surface area contributed by atoms with Gasteiger partial charge in [-0.1, -0.05) is 0 Å². The molecule has 0 atom stereocenters. The van der Waals surface area contributed by atoms with Crippen molar-refractivity contribution in [3.63, 3.8) is 0 Å². The Balaban J connectivity index is 1.56. The van der Waals surface area contributed by atoms with E-state index in [4.69, 9.17) is 5.73 Å². The first-order valence-corrected chi connectivity index (χ1v) is 7.21. The van der Waals surface area contributed by atoms with E-state index in [-0.39, 0.29) is 0 Å². The summed E-state index contributed by atoms with van der Waals surface area (Å²) in [6.07, 6.45) is 4.89. The molecule has 5 nitrogen and oxygen atoms in total.